The SMILES string of the molecule is O=C(c1cc(S(=O)(=O)N2CCCC2)ccc1Br)N(Cc1ccco1)C1CC1. The Morgan fingerprint density at radius 2 is 1.96 bits per heavy atom. The van der Waals surface area contributed by atoms with E-state index in [0.29, 0.717) is 35.4 Å². The van der Waals surface area contributed by atoms with Crippen molar-refractivity contribution < 1.29 is 17.6 Å². The Labute approximate surface area is 167 Å². The molecule has 1 aliphatic carbocycles. The van der Waals surface area contributed by atoms with Gasteiger partial charge < -0.3 is 9.32 Å². The maximum Gasteiger partial charge on any atom is 0.255 e. The van der Waals surface area contributed by atoms with E-state index in [1.165, 1.54) is 10.4 Å². The monoisotopic (exact) mass is 452 g/mol. The molecular weight excluding hydrogens is 432 g/mol. The van der Waals surface area contributed by atoms with E-state index in [1.54, 1.807) is 29.4 Å². The van der Waals surface area contributed by atoms with Crippen LogP contribution >= 0.6 is 15.9 Å². The summed E-state index contributed by atoms with van der Waals surface area (Å²) in [6.07, 6.45) is 5.25. The summed E-state index contributed by atoms with van der Waals surface area (Å²) in [4.78, 5) is 15.2. The topological polar surface area (TPSA) is 70.8 Å². The highest BCUT2D eigenvalue weighted by atomic mass is 79.9. The average Bonchev–Trinajstić information content (AvgIpc) is 3.13. The zero-order chi connectivity index (χ0) is 19.0. The van der Waals surface area contributed by atoms with Gasteiger partial charge in [0.05, 0.1) is 23.3 Å². The molecule has 27 heavy (non-hydrogen) atoms. The van der Waals surface area contributed by atoms with E-state index < -0.39 is 10.0 Å². The summed E-state index contributed by atoms with van der Waals surface area (Å²) < 4.78 is 33.2. The van der Waals surface area contributed by atoms with E-state index in [2.05, 4.69) is 15.9 Å². The van der Waals surface area contributed by atoms with Gasteiger partial charge in [0.1, 0.15) is 5.76 Å². The van der Waals surface area contributed by atoms with Crippen LogP contribution in [0.3, 0.4) is 0 Å². The Morgan fingerprint density at radius 1 is 1.22 bits per heavy atom. The second-order valence-corrected chi connectivity index (χ2v) is 9.79. The lowest BCUT2D eigenvalue weighted by Gasteiger charge is -2.23. The maximum atomic E-state index is 13.2. The molecule has 2 fully saturated rings. The van der Waals surface area contributed by atoms with Crippen LogP contribution in [0, 0.1) is 0 Å². The van der Waals surface area contributed by atoms with Crippen molar-refractivity contribution in [3.05, 3.63) is 52.4 Å². The number of carbonyl (C=O) groups is 1. The summed E-state index contributed by atoms with van der Waals surface area (Å²) >= 11 is 3.42. The van der Waals surface area contributed by atoms with Crippen molar-refractivity contribution in [2.24, 2.45) is 0 Å². The van der Waals surface area contributed by atoms with E-state index in [9.17, 15) is 13.2 Å². The van der Waals surface area contributed by atoms with Crippen molar-refractivity contribution >= 4 is 31.9 Å². The third kappa shape index (κ3) is 3.83. The molecule has 0 unspecified atom stereocenters. The number of nitrogens with zero attached hydrogens (tertiary/aromatic N) is 2. The molecule has 0 spiro atoms. The number of hydrogen-bond acceptors (Lipinski definition) is 4. The molecule has 1 amide bonds. The second kappa shape index (κ2) is 7.41. The first-order valence-corrected chi connectivity index (χ1v) is 11.3. The molecule has 6 nitrogen and oxygen atoms in total. The Kier molecular flexibility index (Phi) is 5.13. The fourth-order valence-corrected chi connectivity index (χ4v) is 5.34. The highest BCUT2D eigenvalue weighted by Gasteiger charge is 2.35. The predicted molar refractivity (Wildman–Crippen MR) is 104 cm³/mol. The van der Waals surface area contributed by atoms with Crippen LogP contribution < -0.4 is 0 Å². The zero-order valence-corrected chi connectivity index (χ0v) is 17.2. The quantitative estimate of drug-likeness (QED) is 0.670. The summed E-state index contributed by atoms with van der Waals surface area (Å²) in [5.74, 6) is 0.534. The molecule has 0 N–H and O–H groups in total. The summed E-state index contributed by atoms with van der Waals surface area (Å²) in [5.41, 5.74) is 0.369. The molecule has 4 rings (SSSR count). The third-order valence-electron chi connectivity index (χ3n) is 5.03. The summed E-state index contributed by atoms with van der Waals surface area (Å²) in [6, 6.07) is 8.51. The van der Waals surface area contributed by atoms with Gasteiger partial charge in [-0.05, 0) is 71.9 Å². The van der Waals surface area contributed by atoms with Crippen LogP contribution in [0.2, 0.25) is 0 Å². The number of sulfonamides is 1. The molecule has 1 saturated heterocycles. The van der Waals surface area contributed by atoms with Crippen LogP contribution in [0.25, 0.3) is 0 Å². The Balaban J connectivity index is 1.64. The predicted octanol–water partition coefficient (Wildman–Crippen LogP) is 3.63. The maximum absolute atomic E-state index is 13.2. The Morgan fingerprint density at radius 3 is 2.59 bits per heavy atom. The molecule has 0 bridgehead atoms. The Bertz CT molecular complexity index is 933. The second-order valence-electron chi connectivity index (χ2n) is 7.00. The van der Waals surface area contributed by atoms with Crippen LogP contribution in [0.5, 0.6) is 0 Å². The summed E-state index contributed by atoms with van der Waals surface area (Å²) in [6.45, 7) is 1.45. The molecule has 8 heteroatoms. The lowest BCUT2D eigenvalue weighted by molar-refractivity contribution is 0.0716. The van der Waals surface area contributed by atoms with E-state index >= 15 is 0 Å². The number of benzene rings is 1. The molecule has 0 radical (unpaired) electrons. The number of rotatable bonds is 6. The van der Waals surface area contributed by atoms with Gasteiger partial charge in [-0.15, -0.1) is 0 Å². The fraction of sp³-hybridized carbons (Fsp3) is 0.421. The Hall–Kier alpha value is -1.64. The first kappa shape index (κ1) is 18.7. The van der Waals surface area contributed by atoms with Gasteiger partial charge >= 0.3 is 0 Å². The van der Waals surface area contributed by atoms with Crippen molar-refractivity contribution in [2.45, 2.75) is 43.2 Å². The summed E-state index contributed by atoms with van der Waals surface area (Å²) in [7, 11) is -3.57. The van der Waals surface area contributed by atoms with E-state index in [4.69, 9.17) is 4.42 Å². The first-order chi connectivity index (χ1) is 13.0. The highest BCUT2D eigenvalue weighted by Crippen LogP contribution is 2.32. The van der Waals surface area contributed by atoms with E-state index in [0.717, 1.165) is 25.7 Å². The molecule has 0 atom stereocenters. The minimum Gasteiger partial charge on any atom is -0.467 e. The number of amides is 1. The van der Waals surface area contributed by atoms with Gasteiger partial charge in [0.25, 0.3) is 5.91 Å². The molecule has 2 heterocycles. The van der Waals surface area contributed by atoms with Crippen molar-refractivity contribution in [1.29, 1.82) is 0 Å². The number of furan rings is 1. The standard InChI is InChI=1S/C19H21BrN2O4S/c20-18-8-7-16(27(24,25)21-9-1-2-10-21)12-17(18)19(23)22(14-5-6-14)13-15-4-3-11-26-15/h3-4,7-8,11-12,14H,1-2,5-6,9-10,13H2. The first-order valence-electron chi connectivity index (χ1n) is 9.10. The minimum atomic E-state index is -3.57. The van der Waals surface area contributed by atoms with Gasteiger partial charge in [-0.25, -0.2) is 8.42 Å². The average molecular weight is 453 g/mol. The van der Waals surface area contributed by atoms with Crippen LogP contribution in [-0.2, 0) is 16.6 Å². The molecule has 1 aromatic heterocycles. The summed E-state index contributed by atoms with van der Waals surface area (Å²) in [5, 5.41) is 0. The number of hydrogen-bond donors (Lipinski definition) is 0. The van der Waals surface area contributed by atoms with E-state index in [1.807, 2.05) is 6.07 Å². The normalized spacial score (nSPS) is 18.0. The van der Waals surface area contributed by atoms with Crippen molar-refractivity contribution in [3.8, 4) is 0 Å². The van der Waals surface area contributed by atoms with Crippen molar-refractivity contribution in [2.75, 3.05) is 13.1 Å². The largest absolute Gasteiger partial charge is 0.467 e. The molecular formula is C19H21BrN2O4S. The lowest BCUT2D eigenvalue weighted by Crippen LogP contribution is -2.33. The molecule has 1 saturated carbocycles. The molecule has 2 aliphatic rings. The van der Waals surface area contributed by atoms with Crippen LogP contribution in [0.1, 0.15) is 41.8 Å². The molecule has 1 aliphatic heterocycles. The fourth-order valence-electron chi connectivity index (χ4n) is 3.38. The van der Waals surface area contributed by atoms with Crippen LogP contribution in [0.15, 0.2) is 50.4 Å². The van der Waals surface area contributed by atoms with Crippen molar-refractivity contribution in [1.82, 2.24) is 9.21 Å². The minimum absolute atomic E-state index is 0.171. The highest BCUT2D eigenvalue weighted by molar-refractivity contribution is 9.10. The van der Waals surface area contributed by atoms with E-state index in [-0.39, 0.29) is 16.8 Å². The van der Waals surface area contributed by atoms with Gasteiger partial charge in [-0.3, -0.25) is 4.79 Å². The third-order valence-corrected chi connectivity index (χ3v) is 7.61. The van der Waals surface area contributed by atoms with Gasteiger partial charge in [0, 0.05) is 23.6 Å². The number of halogens is 1. The van der Waals surface area contributed by atoms with Gasteiger partial charge in [-0.1, -0.05) is 0 Å². The number of carbonyl (C=O) groups excluding carboxylic acids is 1. The molecule has 144 valence electrons. The molecule has 2 aromatic rings. The van der Waals surface area contributed by atoms with Crippen LogP contribution in [-0.4, -0.2) is 42.7 Å². The zero-order valence-electron chi connectivity index (χ0n) is 14.8. The van der Waals surface area contributed by atoms with Gasteiger partial charge in [0.15, 0.2) is 0 Å². The molecule has 1 aromatic carbocycles. The van der Waals surface area contributed by atoms with Gasteiger partial charge in [0.2, 0.25) is 10.0 Å². The van der Waals surface area contributed by atoms with Gasteiger partial charge in [-0.2, -0.15) is 4.31 Å². The lowest BCUT2D eigenvalue weighted by atomic mass is 10.2. The van der Waals surface area contributed by atoms with Crippen molar-refractivity contribution in [3.63, 3.8) is 0 Å². The smallest absolute Gasteiger partial charge is 0.255 e. The van der Waals surface area contributed by atoms with Crippen LogP contribution in [0.4, 0.5) is 0 Å².